The predicted molar refractivity (Wildman–Crippen MR) is 127 cm³/mol. The predicted octanol–water partition coefficient (Wildman–Crippen LogP) is 4.36. The Bertz CT molecular complexity index is 1260. The molecular formula is C25H26N2O5S. The normalized spacial score (nSPS) is 11.3. The van der Waals surface area contributed by atoms with Crippen molar-refractivity contribution in [3.8, 4) is 5.75 Å². The maximum atomic E-state index is 13.5. The van der Waals surface area contributed by atoms with Gasteiger partial charge in [-0.3, -0.25) is 9.59 Å². The highest BCUT2D eigenvalue weighted by molar-refractivity contribution is 7.89. The van der Waals surface area contributed by atoms with Crippen molar-refractivity contribution < 1.29 is 22.7 Å². The minimum absolute atomic E-state index is 0.102. The number of rotatable bonds is 9. The van der Waals surface area contributed by atoms with Crippen LogP contribution >= 0.6 is 0 Å². The van der Waals surface area contributed by atoms with Crippen molar-refractivity contribution in [2.45, 2.75) is 25.3 Å². The number of para-hydroxylation sites is 1. The Morgan fingerprint density at radius 1 is 0.970 bits per heavy atom. The van der Waals surface area contributed by atoms with Crippen molar-refractivity contribution in [3.05, 3.63) is 89.5 Å². The van der Waals surface area contributed by atoms with Crippen molar-refractivity contribution in [3.63, 3.8) is 0 Å². The Morgan fingerprint density at radius 3 is 2.27 bits per heavy atom. The first-order valence-corrected chi connectivity index (χ1v) is 11.8. The van der Waals surface area contributed by atoms with Gasteiger partial charge in [0.15, 0.2) is 5.78 Å². The summed E-state index contributed by atoms with van der Waals surface area (Å²) in [5, 5.41) is 2.70. The third-order valence-corrected chi connectivity index (χ3v) is 7.09. The number of Topliss-reactive ketones (excluding diaryl/α,β-unsaturated/α-hetero) is 1. The monoisotopic (exact) mass is 466 g/mol. The number of hydrogen-bond donors (Lipinski definition) is 1. The number of methoxy groups -OCH3 is 1. The first kappa shape index (κ1) is 24.2. The zero-order valence-electron chi connectivity index (χ0n) is 18.7. The Kier molecular flexibility index (Phi) is 7.63. The van der Waals surface area contributed by atoms with Crippen LogP contribution in [0.15, 0.2) is 77.7 Å². The van der Waals surface area contributed by atoms with E-state index in [0.29, 0.717) is 11.3 Å². The lowest BCUT2D eigenvalue weighted by atomic mass is 10.1. The van der Waals surface area contributed by atoms with Crippen LogP contribution in [0, 0.1) is 0 Å². The van der Waals surface area contributed by atoms with E-state index < -0.39 is 15.9 Å². The van der Waals surface area contributed by atoms with Gasteiger partial charge >= 0.3 is 0 Å². The smallest absolute Gasteiger partial charge is 0.255 e. The molecule has 172 valence electrons. The number of amides is 1. The Hall–Kier alpha value is -3.49. The molecule has 3 aromatic rings. The molecule has 33 heavy (non-hydrogen) atoms. The molecule has 0 fully saturated rings. The number of ether oxygens (including phenoxy) is 1. The quantitative estimate of drug-likeness (QED) is 0.473. The van der Waals surface area contributed by atoms with Gasteiger partial charge in [-0.25, -0.2) is 8.42 Å². The lowest BCUT2D eigenvalue weighted by Gasteiger charge is -2.22. The van der Waals surface area contributed by atoms with Crippen molar-refractivity contribution in [1.29, 1.82) is 0 Å². The van der Waals surface area contributed by atoms with Crippen LogP contribution in [-0.2, 0) is 16.6 Å². The summed E-state index contributed by atoms with van der Waals surface area (Å²) < 4.78 is 33.6. The minimum atomic E-state index is -3.97. The van der Waals surface area contributed by atoms with Crippen LogP contribution in [0.3, 0.4) is 0 Å². The average Bonchev–Trinajstić information content (AvgIpc) is 2.82. The molecule has 0 unspecified atom stereocenters. The zero-order valence-corrected chi connectivity index (χ0v) is 19.6. The first-order chi connectivity index (χ1) is 15.8. The summed E-state index contributed by atoms with van der Waals surface area (Å²) in [4.78, 5) is 24.7. The number of hydrogen-bond acceptors (Lipinski definition) is 5. The Morgan fingerprint density at radius 2 is 1.64 bits per heavy atom. The van der Waals surface area contributed by atoms with E-state index in [-0.39, 0.29) is 35.1 Å². The van der Waals surface area contributed by atoms with Crippen molar-refractivity contribution in [2.24, 2.45) is 0 Å². The van der Waals surface area contributed by atoms with Gasteiger partial charge in [0.1, 0.15) is 10.6 Å². The second-order valence-corrected chi connectivity index (χ2v) is 9.24. The molecule has 0 aliphatic carbocycles. The summed E-state index contributed by atoms with van der Waals surface area (Å²) in [5.74, 6) is -0.584. The van der Waals surface area contributed by atoms with Gasteiger partial charge in [0.2, 0.25) is 10.0 Å². The Labute approximate surface area is 194 Å². The van der Waals surface area contributed by atoms with Gasteiger partial charge < -0.3 is 10.1 Å². The lowest BCUT2D eigenvalue weighted by molar-refractivity contribution is 0.101. The molecule has 1 N–H and O–H groups in total. The number of anilines is 1. The number of carbonyl (C=O) groups is 2. The molecule has 7 nitrogen and oxygen atoms in total. The van der Waals surface area contributed by atoms with E-state index in [1.54, 1.807) is 31.2 Å². The second-order valence-electron chi connectivity index (χ2n) is 7.34. The van der Waals surface area contributed by atoms with Gasteiger partial charge in [-0.1, -0.05) is 49.4 Å². The van der Waals surface area contributed by atoms with E-state index in [4.69, 9.17) is 4.74 Å². The molecule has 1 amide bonds. The molecule has 8 heteroatoms. The molecule has 0 heterocycles. The Balaban J connectivity index is 1.96. The van der Waals surface area contributed by atoms with Crippen LogP contribution in [0.4, 0.5) is 5.69 Å². The number of nitrogens with one attached hydrogen (secondary N) is 1. The highest BCUT2D eigenvalue weighted by atomic mass is 32.2. The van der Waals surface area contributed by atoms with Crippen LogP contribution in [0.2, 0.25) is 0 Å². The number of ketones is 1. The zero-order chi connectivity index (χ0) is 24.0. The molecule has 0 radical (unpaired) electrons. The van der Waals surface area contributed by atoms with Crippen LogP contribution in [-0.4, -0.2) is 38.1 Å². The van der Waals surface area contributed by atoms with Gasteiger partial charge in [-0.05, 0) is 42.8 Å². The average molecular weight is 467 g/mol. The highest BCUT2D eigenvalue weighted by Gasteiger charge is 2.28. The third-order valence-electron chi connectivity index (χ3n) is 5.15. The summed E-state index contributed by atoms with van der Waals surface area (Å²) in [6, 6.07) is 20.1. The van der Waals surface area contributed by atoms with Crippen molar-refractivity contribution >= 4 is 27.4 Å². The largest absolute Gasteiger partial charge is 0.495 e. The topological polar surface area (TPSA) is 92.8 Å². The number of nitrogens with zero attached hydrogens (tertiary/aromatic N) is 1. The third kappa shape index (κ3) is 5.47. The molecule has 0 bridgehead atoms. The molecule has 0 spiro atoms. The van der Waals surface area contributed by atoms with Crippen molar-refractivity contribution in [1.82, 2.24) is 4.31 Å². The summed E-state index contributed by atoms with van der Waals surface area (Å²) >= 11 is 0. The van der Waals surface area contributed by atoms with Gasteiger partial charge in [0.25, 0.3) is 5.91 Å². The van der Waals surface area contributed by atoms with E-state index in [0.717, 1.165) is 5.56 Å². The number of benzene rings is 3. The van der Waals surface area contributed by atoms with E-state index >= 15 is 0 Å². The molecule has 0 aliphatic rings. The molecular weight excluding hydrogens is 440 g/mol. The van der Waals surface area contributed by atoms with E-state index in [2.05, 4.69) is 5.32 Å². The fraction of sp³-hybridized carbons (Fsp3) is 0.200. The minimum Gasteiger partial charge on any atom is -0.495 e. The highest BCUT2D eigenvalue weighted by Crippen LogP contribution is 2.29. The molecule has 3 aromatic carbocycles. The summed E-state index contributed by atoms with van der Waals surface area (Å²) in [6.07, 6.45) is 0. The number of sulfonamides is 1. The first-order valence-electron chi connectivity index (χ1n) is 10.4. The summed E-state index contributed by atoms with van der Waals surface area (Å²) in [7, 11) is -2.59. The maximum Gasteiger partial charge on any atom is 0.255 e. The standard InChI is InChI=1S/C25H26N2O5S/c1-4-27(17-19-10-6-5-7-11-19)33(30,31)24-16-20(14-15-23(24)32-3)25(29)26-22-13-9-8-12-21(22)18(2)28/h5-16H,4,17H2,1-3H3,(H,26,29). The molecule has 0 aliphatic heterocycles. The van der Waals surface area contributed by atoms with Gasteiger partial charge in [0, 0.05) is 24.2 Å². The van der Waals surface area contributed by atoms with Gasteiger partial charge in [0.05, 0.1) is 12.8 Å². The molecule has 0 aromatic heterocycles. The van der Waals surface area contributed by atoms with Crippen LogP contribution in [0.25, 0.3) is 0 Å². The molecule has 0 atom stereocenters. The SMILES string of the molecule is CCN(Cc1ccccc1)S(=O)(=O)c1cc(C(=O)Nc2ccccc2C(C)=O)ccc1OC. The van der Waals surface area contributed by atoms with E-state index in [1.807, 2.05) is 30.3 Å². The molecule has 0 saturated carbocycles. The van der Waals surface area contributed by atoms with Crippen LogP contribution in [0.1, 0.15) is 40.1 Å². The second kappa shape index (κ2) is 10.4. The van der Waals surface area contributed by atoms with E-state index in [9.17, 15) is 18.0 Å². The van der Waals surface area contributed by atoms with Crippen LogP contribution in [0.5, 0.6) is 5.75 Å². The molecule has 3 rings (SSSR count). The lowest BCUT2D eigenvalue weighted by Crippen LogP contribution is -2.31. The van der Waals surface area contributed by atoms with E-state index in [1.165, 1.54) is 36.5 Å². The summed E-state index contributed by atoms with van der Waals surface area (Å²) in [5.41, 5.74) is 1.70. The van der Waals surface area contributed by atoms with Gasteiger partial charge in [-0.2, -0.15) is 4.31 Å². The van der Waals surface area contributed by atoms with Crippen LogP contribution < -0.4 is 10.1 Å². The molecule has 0 saturated heterocycles. The summed E-state index contributed by atoms with van der Waals surface area (Å²) in [6.45, 7) is 3.59. The van der Waals surface area contributed by atoms with Gasteiger partial charge in [-0.15, -0.1) is 0 Å². The fourth-order valence-electron chi connectivity index (χ4n) is 3.41. The van der Waals surface area contributed by atoms with Crippen molar-refractivity contribution in [2.75, 3.05) is 19.0 Å². The maximum absolute atomic E-state index is 13.5. The number of carbonyl (C=O) groups excluding carboxylic acids is 2. The fourth-order valence-corrected chi connectivity index (χ4v) is 5.02.